The number of benzene rings is 1. The normalized spacial score (nSPS) is 10.5. The van der Waals surface area contributed by atoms with Crippen molar-refractivity contribution in [3.05, 3.63) is 23.9 Å². The summed E-state index contributed by atoms with van der Waals surface area (Å²) >= 11 is 0. The van der Waals surface area contributed by atoms with Gasteiger partial charge in [-0.1, -0.05) is 5.16 Å². The van der Waals surface area contributed by atoms with E-state index >= 15 is 0 Å². The van der Waals surface area contributed by atoms with Crippen LogP contribution in [0, 0.1) is 0 Å². The Labute approximate surface area is 73.8 Å². The largest absolute Gasteiger partial charge is 0.508 e. The lowest BCUT2D eigenvalue weighted by Crippen LogP contribution is -1.91. The Balaban J connectivity index is 2.76. The SMILES string of the molecule is CC(=O)c1noc2cc(O)ccc12. The maximum absolute atomic E-state index is 11.0. The number of phenols is 1. The monoisotopic (exact) mass is 177 g/mol. The fourth-order valence-electron chi connectivity index (χ4n) is 1.18. The molecule has 1 N–H and O–H groups in total. The molecule has 0 bridgehead atoms. The fourth-order valence-corrected chi connectivity index (χ4v) is 1.18. The average Bonchev–Trinajstić information content (AvgIpc) is 2.46. The van der Waals surface area contributed by atoms with Crippen LogP contribution in [0.1, 0.15) is 17.4 Å². The Morgan fingerprint density at radius 2 is 2.31 bits per heavy atom. The highest BCUT2D eigenvalue weighted by molar-refractivity contribution is 6.04. The minimum Gasteiger partial charge on any atom is -0.508 e. The molecule has 1 aromatic carbocycles. The highest BCUT2D eigenvalue weighted by Gasteiger charge is 2.11. The van der Waals surface area contributed by atoms with Gasteiger partial charge >= 0.3 is 0 Å². The number of carbonyl (C=O) groups is 1. The molecule has 4 nitrogen and oxygen atoms in total. The van der Waals surface area contributed by atoms with Crippen LogP contribution in [0.15, 0.2) is 22.7 Å². The van der Waals surface area contributed by atoms with Gasteiger partial charge in [-0.05, 0) is 12.1 Å². The molecule has 0 atom stereocenters. The molecule has 0 fully saturated rings. The van der Waals surface area contributed by atoms with E-state index in [1.54, 1.807) is 6.07 Å². The molecule has 0 aliphatic rings. The second-order valence-corrected chi connectivity index (χ2v) is 2.77. The van der Waals surface area contributed by atoms with E-state index in [0.29, 0.717) is 16.7 Å². The molecule has 2 aromatic rings. The molecule has 0 radical (unpaired) electrons. The van der Waals surface area contributed by atoms with Gasteiger partial charge in [-0.15, -0.1) is 0 Å². The Bertz CT molecular complexity index is 473. The molecule has 1 heterocycles. The third-order valence-corrected chi connectivity index (χ3v) is 1.79. The maximum Gasteiger partial charge on any atom is 0.182 e. The van der Waals surface area contributed by atoms with E-state index in [1.165, 1.54) is 19.1 Å². The molecule has 0 amide bonds. The van der Waals surface area contributed by atoms with Crippen LogP contribution in [0.2, 0.25) is 0 Å². The summed E-state index contributed by atoms with van der Waals surface area (Å²) in [5.74, 6) is -0.0526. The average molecular weight is 177 g/mol. The Morgan fingerprint density at radius 1 is 1.54 bits per heavy atom. The number of aromatic nitrogens is 1. The fraction of sp³-hybridized carbons (Fsp3) is 0.111. The molecule has 0 aliphatic heterocycles. The first-order valence-electron chi connectivity index (χ1n) is 3.78. The van der Waals surface area contributed by atoms with Crippen molar-refractivity contribution in [1.29, 1.82) is 0 Å². The van der Waals surface area contributed by atoms with Crippen molar-refractivity contribution in [3.63, 3.8) is 0 Å². The first-order chi connectivity index (χ1) is 6.18. The second kappa shape index (κ2) is 2.58. The lowest BCUT2D eigenvalue weighted by atomic mass is 10.2. The van der Waals surface area contributed by atoms with Gasteiger partial charge < -0.3 is 9.63 Å². The number of hydrogen-bond acceptors (Lipinski definition) is 4. The molecule has 66 valence electrons. The number of rotatable bonds is 1. The van der Waals surface area contributed by atoms with Crippen LogP contribution < -0.4 is 0 Å². The van der Waals surface area contributed by atoms with Crippen molar-refractivity contribution >= 4 is 16.8 Å². The zero-order chi connectivity index (χ0) is 9.42. The number of aromatic hydroxyl groups is 1. The quantitative estimate of drug-likeness (QED) is 0.674. The van der Waals surface area contributed by atoms with Gasteiger partial charge in [0.25, 0.3) is 0 Å². The van der Waals surface area contributed by atoms with E-state index in [2.05, 4.69) is 5.16 Å². The summed E-state index contributed by atoms with van der Waals surface area (Å²) in [5.41, 5.74) is 0.722. The van der Waals surface area contributed by atoms with E-state index in [0.717, 1.165) is 0 Å². The lowest BCUT2D eigenvalue weighted by Gasteiger charge is -1.89. The van der Waals surface area contributed by atoms with Gasteiger partial charge in [0.15, 0.2) is 17.1 Å². The van der Waals surface area contributed by atoms with Gasteiger partial charge in [-0.3, -0.25) is 4.79 Å². The molecule has 0 saturated heterocycles. The Kier molecular flexibility index (Phi) is 1.55. The van der Waals surface area contributed by atoms with Crippen LogP contribution in [0.3, 0.4) is 0 Å². The van der Waals surface area contributed by atoms with Crippen molar-refractivity contribution in [2.24, 2.45) is 0 Å². The molecule has 4 heteroatoms. The zero-order valence-electron chi connectivity index (χ0n) is 6.94. The zero-order valence-corrected chi connectivity index (χ0v) is 6.94. The van der Waals surface area contributed by atoms with Gasteiger partial charge in [0.1, 0.15) is 5.75 Å². The van der Waals surface area contributed by atoms with Crippen molar-refractivity contribution < 1.29 is 14.4 Å². The van der Waals surface area contributed by atoms with E-state index in [-0.39, 0.29) is 11.5 Å². The lowest BCUT2D eigenvalue weighted by molar-refractivity contribution is 0.101. The Hall–Kier alpha value is -1.84. The molecule has 0 aliphatic carbocycles. The smallest absolute Gasteiger partial charge is 0.182 e. The summed E-state index contributed by atoms with van der Waals surface area (Å²) in [6.07, 6.45) is 0. The number of carbonyl (C=O) groups excluding carboxylic acids is 1. The predicted molar refractivity (Wildman–Crippen MR) is 45.7 cm³/mol. The van der Waals surface area contributed by atoms with Gasteiger partial charge in [0, 0.05) is 13.0 Å². The summed E-state index contributed by atoms with van der Waals surface area (Å²) in [4.78, 5) is 11.0. The van der Waals surface area contributed by atoms with Gasteiger partial charge in [0.05, 0.1) is 5.39 Å². The second-order valence-electron chi connectivity index (χ2n) is 2.77. The molecule has 13 heavy (non-hydrogen) atoms. The maximum atomic E-state index is 11.0. The third kappa shape index (κ3) is 1.16. The van der Waals surface area contributed by atoms with E-state index in [1.807, 2.05) is 0 Å². The topological polar surface area (TPSA) is 63.3 Å². The van der Waals surface area contributed by atoms with Crippen molar-refractivity contribution in [2.75, 3.05) is 0 Å². The summed E-state index contributed by atoms with van der Waals surface area (Å²) in [7, 11) is 0. The van der Waals surface area contributed by atoms with Crippen LogP contribution in [-0.2, 0) is 0 Å². The molecule has 0 spiro atoms. The van der Waals surface area contributed by atoms with Crippen LogP contribution in [0.5, 0.6) is 5.75 Å². The molecular formula is C9H7NO3. The van der Waals surface area contributed by atoms with Gasteiger partial charge in [-0.25, -0.2) is 0 Å². The third-order valence-electron chi connectivity index (χ3n) is 1.79. The number of nitrogens with zero attached hydrogens (tertiary/aromatic N) is 1. The van der Waals surface area contributed by atoms with Crippen molar-refractivity contribution in [3.8, 4) is 5.75 Å². The van der Waals surface area contributed by atoms with Gasteiger partial charge in [-0.2, -0.15) is 0 Å². The van der Waals surface area contributed by atoms with Crippen molar-refractivity contribution in [2.45, 2.75) is 6.92 Å². The first-order valence-corrected chi connectivity index (χ1v) is 3.78. The predicted octanol–water partition coefficient (Wildman–Crippen LogP) is 1.74. The molecule has 2 rings (SSSR count). The number of hydrogen-bond donors (Lipinski definition) is 1. The van der Waals surface area contributed by atoms with Crippen LogP contribution >= 0.6 is 0 Å². The van der Waals surface area contributed by atoms with Crippen LogP contribution in [0.25, 0.3) is 11.0 Å². The highest BCUT2D eigenvalue weighted by atomic mass is 16.5. The molecule has 0 saturated carbocycles. The van der Waals surface area contributed by atoms with Gasteiger partial charge in [0.2, 0.25) is 0 Å². The standard InChI is InChI=1S/C9H7NO3/c1-5(11)9-7-3-2-6(12)4-8(7)13-10-9/h2-4,12H,1H3. The van der Waals surface area contributed by atoms with E-state index < -0.39 is 0 Å². The van der Waals surface area contributed by atoms with Crippen LogP contribution in [0.4, 0.5) is 0 Å². The summed E-state index contributed by atoms with van der Waals surface area (Å²) in [6, 6.07) is 4.53. The summed E-state index contributed by atoms with van der Waals surface area (Å²) in [6.45, 7) is 1.42. The minimum atomic E-state index is -0.149. The molecule has 0 unspecified atom stereocenters. The highest BCUT2D eigenvalue weighted by Crippen LogP contribution is 2.22. The van der Waals surface area contributed by atoms with E-state index in [9.17, 15) is 4.79 Å². The number of Topliss-reactive ketones (excluding diaryl/α,β-unsaturated/α-hetero) is 1. The number of phenolic OH excluding ortho intramolecular Hbond substituents is 1. The summed E-state index contributed by atoms with van der Waals surface area (Å²) < 4.78 is 4.86. The molecular weight excluding hydrogens is 170 g/mol. The summed E-state index contributed by atoms with van der Waals surface area (Å²) in [5, 5.41) is 13.3. The first kappa shape index (κ1) is 7.79. The Morgan fingerprint density at radius 3 is 3.00 bits per heavy atom. The number of fused-ring (bicyclic) bond motifs is 1. The minimum absolute atomic E-state index is 0.0961. The number of ketones is 1. The molecule has 1 aromatic heterocycles. The van der Waals surface area contributed by atoms with E-state index in [4.69, 9.17) is 9.63 Å². The van der Waals surface area contributed by atoms with Crippen LogP contribution in [-0.4, -0.2) is 16.0 Å². The van der Waals surface area contributed by atoms with Crippen molar-refractivity contribution in [1.82, 2.24) is 5.16 Å².